The molecular weight excluding hydrogens is 790 g/mol. The zero-order chi connectivity index (χ0) is 42.5. The molecule has 3 atom stereocenters. The molecule has 24 heteroatoms. The number of rotatable bonds is 10. The lowest BCUT2D eigenvalue weighted by Gasteiger charge is -2.17. The van der Waals surface area contributed by atoms with E-state index in [1.165, 1.54) is 47.5 Å². The number of ether oxygens (including phenoxy) is 4. The van der Waals surface area contributed by atoms with Gasteiger partial charge >= 0.3 is 18.5 Å². The fraction of sp³-hybridized carbons (Fsp3) is 0.394. The smallest absolute Gasteiger partial charge is 0.425 e. The molecule has 0 spiro atoms. The molecule has 0 saturated carbocycles. The number of aromatic nitrogens is 10. The average molecular weight is 823 g/mol. The largest absolute Gasteiger partial charge is 0.465 e. The first-order chi connectivity index (χ1) is 26.6. The molecule has 0 radical (unpaired) electrons. The number of fused-ring (bicyclic) bond motifs is 2. The predicted octanol–water partition coefficient (Wildman–Crippen LogP) is 7.68. The van der Waals surface area contributed by atoms with Crippen LogP contribution in [0.4, 0.5) is 43.9 Å². The summed E-state index contributed by atoms with van der Waals surface area (Å²) < 4.78 is 152. The number of pyridine rings is 2. The summed E-state index contributed by atoms with van der Waals surface area (Å²) in [7, 11) is 1.98. The van der Waals surface area contributed by atoms with Crippen LogP contribution in [0.25, 0.3) is 33.8 Å². The van der Waals surface area contributed by atoms with Gasteiger partial charge < -0.3 is 18.9 Å². The minimum Gasteiger partial charge on any atom is -0.465 e. The first kappa shape index (κ1) is 43.9. The van der Waals surface area contributed by atoms with Crippen LogP contribution in [0.15, 0.2) is 55.4 Å². The lowest BCUT2D eigenvalue weighted by molar-refractivity contribution is -0.237. The molecule has 0 fully saturated rings. The Labute approximate surface area is 315 Å². The molecular formula is C33H32F10N10O4. The Kier molecular flexibility index (Phi) is 13.2. The molecule has 0 saturated heterocycles. The number of hydrogen-bond donors (Lipinski definition) is 0. The molecule has 6 aromatic rings. The summed E-state index contributed by atoms with van der Waals surface area (Å²) in [6.07, 6.45) is -9.75. The Hall–Kier alpha value is -5.78. The minimum atomic E-state index is -4.66. The molecule has 6 heterocycles. The third-order valence-corrected chi connectivity index (χ3v) is 7.53. The van der Waals surface area contributed by atoms with Crippen LogP contribution in [0.1, 0.15) is 46.3 Å². The predicted molar refractivity (Wildman–Crippen MR) is 178 cm³/mol. The molecule has 1 unspecified atom stereocenters. The van der Waals surface area contributed by atoms with Crippen LogP contribution in [-0.4, -0.2) is 87.9 Å². The fourth-order valence-corrected chi connectivity index (χ4v) is 4.32. The van der Waals surface area contributed by atoms with Crippen LogP contribution < -0.4 is 9.47 Å². The second-order valence-electron chi connectivity index (χ2n) is 11.4. The molecule has 57 heavy (non-hydrogen) atoms. The highest BCUT2D eigenvalue weighted by Crippen LogP contribution is 2.31. The number of hydrogen-bond acceptors (Lipinski definition) is 12. The summed E-state index contributed by atoms with van der Waals surface area (Å²) in [4.78, 5) is 15.5. The molecule has 0 aliphatic heterocycles. The number of nitrogens with zero attached hydrogens (tertiary/aromatic N) is 10. The van der Waals surface area contributed by atoms with E-state index in [-0.39, 0.29) is 40.0 Å². The van der Waals surface area contributed by atoms with Crippen LogP contribution in [0, 0.1) is 5.82 Å². The van der Waals surface area contributed by atoms with E-state index >= 15 is 0 Å². The van der Waals surface area contributed by atoms with Crippen molar-refractivity contribution >= 4 is 11.3 Å². The van der Waals surface area contributed by atoms with Gasteiger partial charge in [-0.2, -0.15) is 35.1 Å². The quantitative estimate of drug-likeness (QED) is 0.125. The second-order valence-corrected chi connectivity index (χ2v) is 11.4. The van der Waals surface area contributed by atoms with Crippen molar-refractivity contribution in [1.29, 1.82) is 0 Å². The van der Waals surface area contributed by atoms with Crippen molar-refractivity contribution in [3.05, 3.63) is 72.8 Å². The van der Waals surface area contributed by atoms with Crippen LogP contribution in [0.5, 0.6) is 11.8 Å². The maximum absolute atomic E-state index is 14.4. The van der Waals surface area contributed by atoms with Gasteiger partial charge in [0.25, 0.3) is 11.7 Å². The Bertz CT molecular complexity index is 2270. The molecule has 6 rings (SSSR count). The Morgan fingerprint density at radius 3 is 1.61 bits per heavy atom. The first-order valence-corrected chi connectivity index (χ1v) is 16.3. The van der Waals surface area contributed by atoms with Crippen molar-refractivity contribution < 1.29 is 62.9 Å². The highest BCUT2D eigenvalue weighted by atomic mass is 19.4. The Balaban J connectivity index is 0.000000242. The molecule has 308 valence electrons. The third-order valence-electron chi connectivity index (χ3n) is 7.53. The van der Waals surface area contributed by atoms with E-state index in [4.69, 9.17) is 9.47 Å². The fourth-order valence-electron chi connectivity index (χ4n) is 4.32. The van der Waals surface area contributed by atoms with Crippen LogP contribution in [0.3, 0.4) is 0 Å². The lowest BCUT2D eigenvalue weighted by atomic mass is 10.2. The second kappa shape index (κ2) is 17.2. The van der Waals surface area contributed by atoms with E-state index in [1.54, 1.807) is 0 Å². The zero-order valence-electron chi connectivity index (χ0n) is 30.7. The van der Waals surface area contributed by atoms with Gasteiger partial charge in [0.15, 0.2) is 29.3 Å². The van der Waals surface area contributed by atoms with Gasteiger partial charge in [0, 0.05) is 63.1 Å². The highest BCUT2D eigenvalue weighted by Gasteiger charge is 2.40. The van der Waals surface area contributed by atoms with Crippen LogP contribution in [-0.2, 0) is 21.4 Å². The average Bonchev–Trinajstić information content (AvgIpc) is 3.81. The SMILES string of the molecule is CC.COC(C)(F)c1nnc2cnc(-c3cnc(O[C@@H](C)C(F)(F)F)c(F)c3)cn12.COC(F)(F)c1nnc2cnc(-c3ccc(O[C@H](C)C(F)(F)F)nc3)cn12. The van der Waals surface area contributed by atoms with Gasteiger partial charge in [-0.05, 0) is 26.0 Å². The van der Waals surface area contributed by atoms with Crippen molar-refractivity contribution in [2.24, 2.45) is 0 Å². The Morgan fingerprint density at radius 2 is 1.12 bits per heavy atom. The molecule has 0 aliphatic rings. The maximum Gasteiger partial charge on any atom is 0.425 e. The van der Waals surface area contributed by atoms with Crippen molar-refractivity contribution in [2.75, 3.05) is 14.2 Å². The van der Waals surface area contributed by atoms with Gasteiger partial charge in [0.2, 0.25) is 17.5 Å². The topological polar surface area (TPSA) is 149 Å². The summed E-state index contributed by atoms with van der Waals surface area (Å²) in [6.45, 7) is 6.73. The highest BCUT2D eigenvalue weighted by molar-refractivity contribution is 5.60. The van der Waals surface area contributed by atoms with Gasteiger partial charge in [-0.25, -0.2) is 18.7 Å². The van der Waals surface area contributed by atoms with E-state index in [1.807, 2.05) is 13.8 Å². The van der Waals surface area contributed by atoms with Gasteiger partial charge in [0.05, 0.1) is 23.8 Å². The Morgan fingerprint density at radius 1 is 0.614 bits per heavy atom. The van der Waals surface area contributed by atoms with Crippen molar-refractivity contribution in [1.82, 2.24) is 49.1 Å². The minimum absolute atomic E-state index is 0.0670. The van der Waals surface area contributed by atoms with Gasteiger partial charge in [-0.3, -0.25) is 18.8 Å². The molecule has 0 amide bonds. The van der Waals surface area contributed by atoms with Crippen LogP contribution >= 0.6 is 0 Å². The van der Waals surface area contributed by atoms with E-state index in [0.29, 0.717) is 5.56 Å². The normalized spacial score (nSPS) is 14.2. The zero-order valence-corrected chi connectivity index (χ0v) is 30.7. The van der Waals surface area contributed by atoms with Crippen LogP contribution in [0.2, 0.25) is 0 Å². The van der Waals surface area contributed by atoms with E-state index in [9.17, 15) is 43.9 Å². The number of alkyl halides is 9. The summed E-state index contributed by atoms with van der Waals surface area (Å²) in [5, 5.41) is 14.5. The van der Waals surface area contributed by atoms with Gasteiger partial charge in [-0.1, -0.05) is 13.8 Å². The van der Waals surface area contributed by atoms with E-state index in [0.717, 1.165) is 51.7 Å². The summed E-state index contributed by atoms with van der Waals surface area (Å²) >= 11 is 0. The van der Waals surface area contributed by atoms with E-state index in [2.05, 4.69) is 49.8 Å². The molecule has 0 N–H and O–H groups in total. The van der Waals surface area contributed by atoms with E-state index < -0.39 is 54.0 Å². The van der Waals surface area contributed by atoms with Crippen molar-refractivity contribution in [3.63, 3.8) is 0 Å². The standard InChI is InChI=1S/C16H14F5N5O2.C15H12F5N5O2.C2H6/c1-8(16(19,20)21)28-13-10(17)4-9(5-23-13)11-7-26-12(6-22-11)24-25-14(26)15(2,18)27-3;1-8(14(16,17)18)27-12-4-3-9(5-22-12)10-7-25-11(6-21-10)23-24-13(25)15(19,20)26-2;1-2/h4-8H,1-3H3;3-8H,1-2H3;1-2H3/t8-,15?;8-;/m01./s1. The summed E-state index contributed by atoms with van der Waals surface area (Å²) in [6, 6.07) is 3.53. The maximum atomic E-state index is 14.4. The summed E-state index contributed by atoms with van der Waals surface area (Å²) in [5.74, 6) is -5.29. The molecule has 14 nitrogen and oxygen atoms in total. The molecule has 0 aromatic carbocycles. The van der Waals surface area contributed by atoms with Gasteiger partial charge in [-0.15, -0.1) is 20.4 Å². The third kappa shape index (κ3) is 10.2. The number of halogens is 10. The molecule has 0 aliphatic carbocycles. The number of methoxy groups -OCH3 is 2. The molecule has 6 aromatic heterocycles. The monoisotopic (exact) mass is 822 g/mol. The summed E-state index contributed by atoms with van der Waals surface area (Å²) in [5.41, 5.74) is 1.15. The van der Waals surface area contributed by atoms with Crippen molar-refractivity contribution in [2.45, 2.75) is 71.1 Å². The first-order valence-electron chi connectivity index (χ1n) is 16.3. The van der Waals surface area contributed by atoms with Gasteiger partial charge in [0.1, 0.15) is 0 Å². The molecule has 0 bridgehead atoms. The lowest BCUT2D eigenvalue weighted by Crippen LogP contribution is -2.31. The van der Waals surface area contributed by atoms with Crippen molar-refractivity contribution in [3.8, 4) is 34.3 Å².